The lowest BCUT2D eigenvalue weighted by Gasteiger charge is -2.38. The Hall–Kier alpha value is -0.710. The molecule has 1 amide bonds. The number of hydrogen-bond acceptors (Lipinski definition) is 2. The summed E-state index contributed by atoms with van der Waals surface area (Å²) < 4.78 is 24.1. The number of carbonyl (C=O) groups is 1. The van der Waals surface area contributed by atoms with Crippen molar-refractivity contribution in [2.45, 2.75) is 5.92 Å². The Labute approximate surface area is 56.8 Å². The Balaban J connectivity index is 2.33. The van der Waals surface area contributed by atoms with E-state index in [-0.39, 0.29) is 6.54 Å². The Bertz CT molecular complexity index is 152. The van der Waals surface area contributed by atoms with E-state index in [0.717, 1.165) is 4.90 Å². The molecule has 1 fully saturated rings. The molecular weight excluding hydrogens is 142 g/mol. The van der Waals surface area contributed by atoms with Crippen LogP contribution in [0.25, 0.3) is 0 Å². The van der Waals surface area contributed by atoms with Crippen molar-refractivity contribution < 1.29 is 13.6 Å². The van der Waals surface area contributed by atoms with Gasteiger partial charge in [-0.3, -0.25) is 4.79 Å². The van der Waals surface area contributed by atoms with Gasteiger partial charge in [0, 0.05) is 0 Å². The van der Waals surface area contributed by atoms with Gasteiger partial charge in [-0.2, -0.15) is 0 Å². The number of likely N-dealkylation sites (tertiary alicyclic amines) is 1. The molecule has 0 bridgehead atoms. The van der Waals surface area contributed by atoms with Gasteiger partial charge in [0.15, 0.2) is 0 Å². The van der Waals surface area contributed by atoms with Gasteiger partial charge in [0.1, 0.15) is 0 Å². The highest BCUT2D eigenvalue weighted by atomic mass is 19.3. The highest BCUT2D eigenvalue weighted by Gasteiger charge is 2.45. The zero-order chi connectivity index (χ0) is 7.78. The van der Waals surface area contributed by atoms with Crippen LogP contribution in [-0.4, -0.2) is 36.4 Å². The van der Waals surface area contributed by atoms with Crippen molar-refractivity contribution in [3.63, 3.8) is 0 Å². The van der Waals surface area contributed by atoms with Gasteiger partial charge in [-0.15, -0.1) is 0 Å². The van der Waals surface area contributed by atoms with Crippen LogP contribution in [0, 0.1) is 0 Å². The van der Waals surface area contributed by atoms with Crippen LogP contribution >= 0.6 is 0 Å². The molecule has 0 atom stereocenters. The van der Waals surface area contributed by atoms with Crippen LogP contribution in [0.15, 0.2) is 0 Å². The molecule has 1 aliphatic rings. The Kier molecular flexibility index (Phi) is 1.60. The summed E-state index contributed by atoms with van der Waals surface area (Å²) in [6, 6.07) is 0. The number of amides is 1. The van der Waals surface area contributed by atoms with Gasteiger partial charge in [-0.05, 0) is 0 Å². The molecule has 58 valence electrons. The number of nitrogens with zero attached hydrogens (tertiary/aromatic N) is 1. The van der Waals surface area contributed by atoms with E-state index in [9.17, 15) is 13.6 Å². The summed E-state index contributed by atoms with van der Waals surface area (Å²) in [7, 11) is 0. The smallest absolute Gasteiger partial charge is 0.282 e. The highest BCUT2D eigenvalue weighted by Crippen LogP contribution is 2.25. The summed E-state index contributed by atoms with van der Waals surface area (Å²) in [6.07, 6.45) is 0. The maximum Gasteiger partial charge on any atom is 0.282 e. The summed E-state index contributed by atoms with van der Waals surface area (Å²) in [4.78, 5) is 11.6. The first-order valence-electron chi connectivity index (χ1n) is 2.91. The molecule has 1 aliphatic heterocycles. The summed E-state index contributed by atoms with van der Waals surface area (Å²) in [5.41, 5.74) is 4.93. The van der Waals surface area contributed by atoms with Gasteiger partial charge in [0.05, 0.1) is 19.6 Å². The number of carbonyl (C=O) groups excluding carboxylic acids is 1. The van der Waals surface area contributed by atoms with E-state index < -0.39 is 24.9 Å². The molecular formula is C5H8F2N2O. The fourth-order valence-corrected chi connectivity index (χ4v) is 0.818. The van der Waals surface area contributed by atoms with Crippen molar-refractivity contribution >= 4 is 5.91 Å². The van der Waals surface area contributed by atoms with Crippen molar-refractivity contribution in [2.75, 3.05) is 19.6 Å². The third-order valence-electron chi connectivity index (χ3n) is 1.37. The van der Waals surface area contributed by atoms with Crippen LogP contribution in [0.4, 0.5) is 8.78 Å². The first-order chi connectivity index (χ1) is 4.55. The van der Waals surface area contributed by atoms with Gasteiger partial charge in [-0.25, -0.2) is 8.78 Å². The molecule has 0 unspecified atom stereocenters. The quantitative estimate of drug-likeness (QED) is 0.543. The maximum absolute atomic E-state index is 12.1. The average Bonchev–Trinajstić information content (AvgIpc) is 1.81. The van der Waals surface area contributed by atoms with Crippen molar-refractivity contribution in [3.05, 3.63) is 0 Å². The van der Waals surface area contributed by atoms with E-state index in [0.29, 0.717) is 0 Å². The molecule has 3 nitrogen and oxygen atoms in total. The minimum absolute atomic E-state index is 0.184. The standard InChI is InChI=1S/C5H8F2N2O/c6-5(7)2-9(3-5)4(10)1-8/h1-3,8H2. The predicted octanol–water partition coefficient (Wildman–Crippen LogP) is -0.577. The fraction of sp³-hybridized carbons (Fsp3) is 0.800. The van der Waals surface area contributed by atoms with E-state index in [1.165, 1.54) is 0 Å². The summed E-state index contributed by atoms with van der Waals surface area (Å²) in [6.45, 7) is -1.12. The number of alkyl halides is 2. The van der Waals surface area contributed by atoms with Gasteiger partial charge < -0.3 is 10.6 Å². The Morgan fingerprint density at radius 3 is 2.40 bits per heavy atom. The van der Waals surface area contributed by atoms with E-state index in [1.807, 2.05) is 0 Å². The topological polar surface area (TPSA) is 46.3 Å². The van der Waals surface area contributed by atoms with Crippen molar-refractivity contribution in [1.29, 1.82) is 0 Å². The normalized spacial score (nSPS) is 22.1. The lowest BCUT2D eigenvalue weighted by atomic mass is 10.1. The predicted molar refractivity (Wildman–Crippen MR) is 30.6 cm³/mol. The van der Waals surface area contributed by atoms with Crippen molar-refractivity contribution in [2.24, 2.45) is 5.73 Å². The van der Waals surface area contributed by atoms with Crippen molar-refractivity contribution in [1.82, 2.24) is 4.90 Å². The lowest BCUT2D eigenvalue weighted by molar-refractivity contribution is -0.164. The molecule has 0 radical (unpaired) electrons. The second-order valence-corrected chi connectivity index (χ2v) is 2.31. The molecule has 0 aromatic heterocycles. The van der Waals surface area contributed by atoms with Gasteiger partial charge in [-0.1, -0.05) is 0 Å². The Morgan fingerprint density at radius 2 is 2.10 bits per heavy atom. The molecule has 0 aliphatic carbocycles. The molecule has 1 saturated heterocycles. The van der Waals surface area contributed by atoms with E-state index >= 15 is 0 Å². The van der Waals surface area contributed by atoms with E-state index in [1.54, 1.807) is 0 Å². The largest absolute Gasteiger partial charge is 0.329 e. The second-order valence-electron chi connectivity index (χ2n) is 2.31. The van der Waals surface area contributed by atoms with Crippen molar-refractivity contribution in [3.8, 4) is 0 Å². The monoisotopic (exact) mass is 150 g/mol. The third kappa shape index (κ3) is 1.23. The van der Waals surface area contributed by atoms with Crippen LogP contribution < -0.4 is 5.73 Å². The molecule has 5 heteroatoms. The SMILES string of the molecule is NCC(=O)N1CC(F)(F)C1. The highest BCUT2D eigenvalue weighted by molar-refractivity contribution is 5.79. The van der Waals surface area contributed by atoms with Crippen LogP contribution in [0.5, 0.6) is 0 Å². The van der Waals surface area contributed by atoms with Gasteiger partial charge in [0.25, 0.3) is 5.92 Å². The summed E-state index contributed by atoms with van der Waals surface area (Å²) in [5, 5.41) is 0. The lowest BCUT2D eigenvalue weighted by Crippen LogP contribution is -2.59. The summed E-state index contributed by atoms with van der Waals surface area (Å²) in [5.74, 6) is -3.09. The second kappa shape index (κ2) is 2.16. The minimum atomic E-state index is -2.68. The summed E-state index contributed by atoms with van der Waals surface area (Å²) >= 11 is 0. The molecule has 2 N–H and O–H groups in total. The zero-order valence-corrected chi connectivity index (χ0v) is 5.31. The fourth-order valence-electron chi connectivity index (χ4n) is 0.818. The van der Waals surface area contributed by atoms with Crippen LogP contribution in [0.2, 0.25) is 0 Å². The molecule has 1 heterocycles. The maximum atomic E-state index is 12.1. The number of nitrogens with two attached hydrogens (primary N) is 1. The molecule has 1 rings (SSSR count). The van der Waals surface area contributed by atoms with Gasteiger partial charge >= 0.3 is 0 Å². The molecule has 0 aromatic carbocycles. The molecule has 0 aromatic rings. The number of rotatable bonds is 1. The molecule has 0 saturated carbocycles. The van der Waals surface area contributed by atoms with Crippen LogP contribution in [0.1, 0.15) is 0 Å². The van der Waals surface area contributed by atoms with E-state index in [4.69, 9.17) is 5.73 Å². The number of hydrogen-bond donors (Lipinski definition) is 1. The number of halogens is 2. The minimum Gasteiger partial charge on any atom is -0.329 e. The van der Waals surface area contributed by atoms with E-state index in [2.05, 4.69) is 0 Å². The van der Waals surface area contributed by atoms with Gasteiger partial charge in [0.2, 0.25) is 5.91 Å². The van der Waals surface area contributed by atoms with Crippen LogP contribution in [0.3, 0.4) is 0 Å². The third-order valence-corrected chi connectivity index (χ3v) is 1.37. The average molecular weight is 150 g/mol. The first-order valence-corrected chi connectivity index (χ1v) is 2.91. The Morgan fingerprint density at radius 1 is 1.60 bits per heavy atom. The molecule has 10 heavy (non-hydrogen) atoms. The molecule has 0 spiro atoms. The first kappa shape index (κ1) is 7.40. The zero-order valence-electron chi connectivity index (χ0n) is 5.31. The van der Waals surface area contributed by atoms with Crippen LogP contribution in [-0.2, 0) is 4.79 Å².